The zero-order chi connectivity index (χ0) is 11.3. The molecule has 0 aliphatic carbocycles. The van der Waals surface area contributed by atoms with Gasteiger partial charge in [-0.2, -0.15) is 5.26 Å². The molecule has 4 heteroatoms. The van der Waals surface area contributed by atoms with Gasteiger partial charge in [0.1, 0.15) is 5.82 Å². The summed E-state index contributed by atoms with van der Waals surface area (Å²) in [6.07, 6.45) is -0.363. The van der Waals surface area contributed by atoms with Gasteiger partial charge in [-0.1, -0.05) is 12.0 Å². The van der Waals surface area contributed by atoms with Gasteiger partial charge in [-0.05, 0) is 17.7 Å². The monoisotopic (exact) mass is 203 g/mol. The highest BCUT2D eigenvalue weighted by Crippen LogP contribution is 2.10. The number of hydrogen-bond acceptors (Lipinski definition) is 2. The summed E-state index contributed by atoms with van der Waals surface area (Å²) in [6, 6.07) is 5.55. The molecule has 0 amide bonds. The van der Waals surface area contributed by atoms with Crippen LogP contribution < -0.4 is 0 Å². The molecule has 3 nitrogen and oxygen atoms in total. The minimum absolute atomic E-state index is 0.102. The van der Waals surface area contributed by atoms with Crippen molar-refractivity contribution < 1.29 is 14.3 Å². The van der Waals surface area contributed by atoms with E-state index < -0.39 is 11.8 Å². The van der Waals surface area contributed by atoms with Gasteiger partial charge in [0.2, 0.25) is 0 Å². The Morgan fingerprint density at radius 3 is 2.80 bits per heavy atom. The summed E-state index contributed by atoms with van der Waals surface area (Å²) in [7, 11) is 0. The molecule has 1 rings (SSSR count). The fraction of sp³-hybridized carbons (Fsp3) is 0.0909. The van der Waals surface area contributed by atoms with Crippen molar-refractivity contribution in [1.29, 1.82) is 5.26 Å². The van der Waals surface area contributed by atoms with Crippen molar-refractivity contribution in [2.45, 2.75) is 6.42 Å². The maximum atomic E-state index is 13.2. The average molecular weight is 203 g/mol. The van der Waals surface area contributed by atoms with Crippen molar-refractivity contribution >= 4 is 5.97 Å². The van der Waals surface area contributed by atoms with Gasteiger partial charge in [0.05, 0.1) is 6.42 Å². The number of rotatable bonds is 2. The third-order valence-electron chi connectivity index (χ3n) is 1.66. The fourth-order valence-electron chi connectivity index (χ4n) is 1.03. The number of nitriles is 1. The van der Waals surface area contributed by atoms with Crippen molar-refractivity contribution in [1.82, 2.24) is 0 Å². The van der Waals surface area contributed by atoms with Gasteiger partial charge in [0, 0.05) is 11.5 Å². The first-order chi connectivity index (χ1) is 7.13. The Labute approximate surface area is 85.8 Å². The largest absolute Gasteiger partial charge is 0.481 e. The standard InChI is InChI=1S/C11H6FNO2/c12-10-6-8(2-1-5-13)3-4-9(10)7-11(14)15/h3-4,6H,7H2,(H,14,15). The Bertz CT molecular complexity index is 492. The molecule has 1 N–H and O–H groups in total. The van der Waals surface area contributed by atoms with Gasteiger partial charge in [0.15, 0.2) is 6.07 Å². The second-order valence-corrected chi connectivity index (χ2v) is 2.74. The first-order valence-electron chi connectivity index (χ1n) is 4.04. The van der Waals surface area contributed by atoms with Crippen molar-refractivity contribution in [3.63, 3.8) is 0 Å². The molecule has 0 aliphatic heterocycles. The number of benzene rings is 1. The van der Waals surface area contributed by atoms with Crippen LogP contribution in [0.3, 0.4) is 0 Å². The van der Waals surface area contributed by atoms with Crippen LogP contribution in [-0.2, 0) is 11.2 Å². The highest BCUT2D eigenvalue weighted by Gasteiger charge is 2.06. The molecule has 0 spiro atoms. The summed E-state index contributed by atoms with van der Waals surface area (Å²) in [6.45, 7) is 0. The lowest BCUT2D eigenvalue weighted by Gasteiger charge is -1.99. The number of carboxylic acid groups (broad SMARTS) is 1. The summed E-state index contributed by atoms with van der Waals surface area (Å²) in [4.78, 5) is 10.3. The van der Waals surface area contributed by atoms with Crippen LogP contribution >= 0.6 is 0 Å². The molecule has 0 atom stereocenters. The van der Waals surface area contributed by atoms with E-state index in [1.807, 2.05) is 0 Å². The number of carboxylic acids is 1. The van der Waals surface area contributed by atoms with E-state index >= 15 is 0 Å². The summed E-state index contributed by atoms with van der Waals surface area (Å²) in [5.74, 6) is 2.83. The van der Waals surface area contributed by atoms with Crippen LogP contribution in [-0.4, -0.2) is 11.1 Å². The molecule has 74 valence electrons. The molecule has 1 aromatic rings. The maximum Gasteiger partial charge on any atom is 0.307 e. The van der Waals surface area contributed by atoms with Crippen molar-refractivity contribution in [2.75, 3.05) is 0 Å². The van der Waals surface area contributed by atoms with E-state index in [0.29, 0.717) is 5.56 Å². The van der Waals surface area contributed by atoms with Crippen molar-refractivity contribution in [3.05, 3.63) is 35.1 Å². The molecule has 0 saturated heterocycles. The molecule has 1 aromatic carbocycles. The Morgan fingerprint density at radius 1 is 1.53 bits per heavy atom. The van der Waals surface area contributed by atoms with Crippen LogP contribution in [0.1, 0.15) is 11.1 Å². The molecular weight excluding hydrogens is 197 g/mol. The fourth-order valence-corrected chi connectivity index (χ4v) is 1.03. The zero-order valence-electron chi connectivity index (χ0n) is 7.62. The highest BCUT2D eigenvalue weighted by atomic mass is 19.1. The van der Waals surface area contributed by atoms with Crippen LogP contribution in [0.4, 0.5) is 4.39 Å². The van der Waals surface area contributed by atoms with Crippen LogP contribution in [0.25, 0.3) is 0 Å². The Hall–Kier alpha value is -2.33. The summed E-state index contributed by atoms with van der Waals surface area (Å²) < 4.78 is 13.2. The predicted molar refractivity (Wildman–Crippen MR) is 50.2 cm³/mol. The van der Waals surface area contributed by atoms with Crippen LogP contribution in [0.5, 0.6) is 0 Å². The van der Waals surface area contributed by atoms with E-state index in [4.69, 9.17) is 10.4 Å². The van der Waals surface area contributed by atoms with Gasteiger partial charge >= 0.3 is 5.97 Å². The Balaban J connectivity index is 2.99. The average Bonchev–Trinajstić information content (AvgIpc) is 2.18. The van der Waals surface area contributed by atoms with Gasteiger partial charge in [-0.3, -0.25) is 4.79 Å². The number of hydrogen-bond donors (Lipinski definition) is 1. The highest BCUT2D eigenvalue weighted by molar-refractivity contribution is 5.70. The molecule has 0 radical (unpaired) electrons. The molecule has 0 unspecified atom stereocenters. The molecule has 0 heterocycles. The van der Waals surface area contributed by atoms with E-state index in [9.17, 15) is 9.18 Å². The van der Waals surface area contributed by atoms with Crippen molar-refractivity contribution in [2.24, 2.45) is 0 Å². The van der Waals surface area contributed by atoms with Crippen molar-refractivity contribution in [3.8, 4) is 17.9 Å². The van der Waals surface area contributed by atoms with Gasteiger partial charge in [-0.25, -0.2) is 4.39 Å². The second kappa shape index (κ2) is 4.78. The third kappa shape index (κ3) is 3.13. The Kier molecular flexibility index (Phi) is 3.43. The normalized spacial score (nSPS) is 8.53. The molecule has 0 bridgehead atoms. The summed E-state index contributed by atoms with van der Waals surface area (Å²) in [5, 5.41) is 16.6. The predicted octanol–water partition coefficient (Wildman–Crippen LogP) is 1.33. The molecule has 0 fully saturated rings. The van der Waals surface area contributed by atoms with Gasteiger partial charge in [0.25, 0.3) is 0 Å². The second-order valence-electron chi connectivity index (χ2n) is 2.74. The van der Waals surface area contributed by atoms with Gasteiger partial charge in [-0.15, -0.1) is 0 Å². The lowest BCUT2D eigenvalue weighted by atomic mass is 10.1. The zero-order valence-corrected chi connectivity index (χ0v) is 7.62. The van der Waals surface area contributed by atoms with E-state index in [-0.39, 0.29) is 12.0 Å². The maximum absolute atomic E-state index is 13.2. The minimum Gasteiger partial charge on any atom is -0.481 e. The number of carbonyl (C=O) groups is 1. The number of halogens is 1. The molecule has 0 aliphatic rings. The first-order valence-corrected chi connectivity index (χ1v) is 4.04. The van der Waals surface area contributed by atoms with Crippen LogP contribution in [0.2, 0.25) is 0 Å². The summed E-state index contributed by atoms with van der Waals surface area (Å²) >= 11 is 0. The lowest BCUT2D eigenvalue weighted by Crippen LogP contribution is -2.02. The number of aliphatic carboxylic acids is 1. The number of nitrogens with zero attached hydrogens (tertiary/aromatic N) is 1. The summed E-state index contributed by atoms with van der Waals surface area (Å²) in [5.41, 5.74) is 0.452. The topological polar surface area (TPSA) is 61.1 Å². The minimum atomic E-state index is -1.09. The Morgan fingerprint density at radius 2 is 2.27 bits per heavy atom. The third-order valence-corrected chi connectivity index (χ3v) is 1.66. The molecule has 15 heavy (non-hydrogen) atoms. The SMILES string of the molecule is N#CC#Cc1ccc(CC(=O)O)c(F)c1. The van der Waals surface area contributed by atoms with Crippen LogP contribution in [0, 0.1) is 29.0 Å². The van der Waals surface area contributed by atoms with Gasteiger partial charge < -0.3 is 5.11 Å². The van der Waals surface area contributed by atoms with E-state index in [0.717, 1.165) is 6.07 Å². The van der Waals surface area contributed by atoms with E-state index in [1.54, 1.807) is 6.07 Å². The molecule has 0 aromatic heterocycles. The first kappa shape index (κ1) is 10.7. The lowest BCUT2D eigenvalue weighted by molar-refractivity contribution is -0.136. The van der Waals surface area contributed by atoms with Crippen LogP contribution in [0.15, 0.2) is 18.2 Å². The van der Waals surface area contributed by atoms with E-state index in [2.05, 4.69) is 11.8 Å². The smallest absolute Gasteiger partial charge is 0.307 e. The molecular formula is C11H6FNO2. The van der Waals surface area contributed by atoms with E-state index in [1.165, 1.54) is 12.1 Å². The molecule has 0 saturated carbocycles. The quantitative estimate of drug-likeness (QED) is 0.737.